The van der Waals surface area contributed by atoms with Gasteiger partial charge in [-0.3, -0.25) is 0 Å². The zero-order valence-corrected chi connectivity index (χ0v) is 14.3. The standard InChI is InChI=1S/C20H18F2N4/c1-13-23-19(25-15-8-9-16(21)17(22)11-15)12-20(24-13)26-10-4-6-14-5-2-3-7-18(14)26/h2-3,5,7-9,11-12H,4,6,10H2,1H3,(H,23,24,25). The minimum atomic E-state index is -0.897. The predicted octanol–water partition coefficient (Wildman–Crippen LogP) is 4.89. The van der Waals surface area contributed by atoms with Crippen LogP contribution in [0, 0.1) is 18.6 Å². The summed E-state index contributed by atoms with van der Waals surface area (Å²) in [4.78, 5) is 11.1. The SMILES string of the molecule is Cc1nc(Nc2ccc(F)c(F)c2)cc(N2CCCc3ccccc32)n1. The summed E-state index contributed by atoms with van der Waals surface area (Å²) in [6.07, 6.45) is 2.10. The number of hydrogen-bond donors (Lipinski definition) is 1. The van der Waals surface area contributed by atoms with Crippen LogP contribution in [0.15, 0.2) is 48.5 Å². The summed E-state index contributed by atoms with van der Waals surface area (Å²) in [7, 11) is 0. The van der Waals surface area contributed by atoms with Gasteiger partial charge in [0.1, 0.15) is 17.5 Å². The van der Waals surface area contributed by atoms with Crippen LogP contribution in [0.25, 0.3) is 0 Å². The van der Waals surface area contributed by atoms with Crippen molar-refractivity contribution < 1.29 is 8.78 Å². The van der Waals surface area contributed by atoms with E-state index in [1.165, 1.54) is 11.6 Å². The fourth-order valence-electron chi connectivity index (χ4n) is 3.25. The molecule has 0 saturated carbocycles. The van der Waals surface area contributed by atoms with Gasteiger partial charge in [0.15, 0.2) is 11.6 Å². The van der Waals surface area contributed by atoms with E-state index in [-0.39, 0.29) is 0 Å². The number of benzene rings is 2. The molecule has 2 heterocycles. The zero-order chi connectivity index (χ0) is 18.1. The Balaban J connectivity index is 1.68. The molecule has 0 bridgehead atoms. The maximum atomic E-state index is 13.4. The molecule has 0 unspecified atom stereocenters. The maximum absolute atomic E-state index is 13.4. The van der Waals surface area contributed by atoms with Gasteiger partial charge in [-0.05, 0) is 43.5 Å². The minimum absolute atomic E-state index is 0.437. The summed E-state index contributed by atoms with van der Waals surface area (Å²) in [5, 5.41) is 3.03. The molecule has 0 radical (unpaired) electrons. The molecular formula is C20H18F2N4. The number of para-hydroxylation sites is 1. The largest absolute Gasteiger partial charge is 0.340 e. The lowest BCUT2D eigenvalue weighted by Gasteiger charge is -2.30. The molecule has 0 amide bonds. The van der Waals surface area contributed by atoms with Crippen molar-refractivity contribution >= 4 is 23.0 Å². The molecule has 132 valence electrons. The Morgan fingerprint density at radius 3 is 2.69 bits per heavy atom. The second-order valence-electron chi connectivity index (χ2n) is 6.30. The predicted molar refractivity (Wildman–Crippen MR) is 98.2 cm³/mol. The molecule has 0 fully saturated rings. The van der Waals surface area contributed by atoms with Gasteiger partial charge in [0.2, 0.25) is 0 Å². The topological polar surface area (TPSA) is 41.1 Å². The van der Waals surface area contributed by atoms with Crippen LogP contribution < -0.4 is 10.2 Å². The molecule has 1 aliphatic rings. The molecule has 26 heavy (non-hydrogen) atoms. The van der Waals surface area contributed by atoms with Gasteiger partial charge in [0.05, 0.1) is 0 Å². The molecule has 4 nitrogen and oxygen atoms in total. The average Bonchev–Trinajstić information content (AvgIpc) is 2.64. The zero-order valence-electron chi connectivity index (χ0n) is 14.3. The normalized spacial score (nSPS) is 13.4. The van der Waals surface area contributed by atoms with Gasteiger partial charge in [0, 0.05) is 30.1 Å². The molecule has 0 saturated heterocycles. The van der Waals surface area contributed by atoms with Crippen molar-refractivity contribution in [2.45, 2.75) is 19.8 Å². The lowest BCUT2D eigenvalue weighted by atomic mass is 10.0. The van der Waals surface area contributed by atoms with E-state index < -0.39 is 11.6 Å². The fraction of sp³-hybridized carbons (Fsp3) is 0.200. The number of nitrogens with one attached hydrogen (secondary N) is 1. The molecule has 1 aromatic heterocycles. The van der Waals surface area contributed by atoms with E-state index in [0.29, 0.717) is 17.3 Å². The van der Waals surface area contributed by atoms with Gasteiger partial charge in [-0.2, -0.15) is 0 Å². The second-order valence-corrected chi connectivity index (χ2v) is 6.30. The highest BCUT2D eigenvalue weighted by atomic mass is 19.2. The van der Waals surface area contributed by atoms with Crippen molar-refractivity contribution in [3.8, 4) is 0 Å². The third-order valence-electron chi connectivity index (χ3n) is 4.40. The summed E-state index contributed by atoms with van der Waals surface area (Å²) in [5.74, 6) is 0.165. The molecule has 1 N–H and O–H groups in total. The Labute approximate surface area is 150 Å². The molecular weight excluding hydrogens is 334 g/mol. The lowest BCUT2D eigenvalue weighted by Crippen LogP contribution is -2.25. The van der Waals surface area contributed by atoms with Gasteiger partial charge < -0.3 is 10.2 Å². The van der Waals surface area contributed by atoms with Crippen LogP contribution in [0.3, 0.4) is 0 Å². The van der Waals surface area contributed by atoms with Gasteiger partial charge in [-0.25, -0.2) is 18.7 Å². The van der Waals surface area contributed by atoms with E-state index in [2.05, 4.69) is 32.3 Å². The summed E-state index contributed by atoms with van der Waals surface area (Å²) < 4.78 is 26.6. The Bertz CT molecular complexity index is 958. The highest BCUT2D eigenvalue weighted by Gasteiger charge is 2.19. The van der Waals surface area contributed by atoms with Crippen molar-refractivity contribution in [2.24, 2.45) is 0 Å². The molecule has 2 aromatic carbocycles. The van der Waals surface area contributed by atoms with Crippen LogP contribution in [-0.4, -0.2) is 16.5 Å². The molecule has 0 aliphatic carbocycles. The molecule has 3 aromatic rings. The summed E-state index contributed by atoms with van der Waals surface area (Å²) >= 11 is 0. The van der Waals surface area contributed by atoms with Crippen LogP contribution >= 0.6 is 0 Å². The van der Waals surface area contributed by atoms with Crippen LogP contribution in [-0.2, 0) is 6.42 Å². The number of nitrogens with zero attached hydrogens (tertiary/aromatic N) is 3. The summed E-state index contributed by atoms with van der Waals surface area (Å²) in [6, 6.07) is 13.8. The first kappa shape index (κ1) is 16.4. The Kier molecular flexibility index (Phi) is 4.24. The minimum Gasteiger partial charge on any atom is -0.340 e. The van der Waals surface area contributed by atoms with Crippen molar-refractivity contribution in [3.05, 3.63) is 71.6 Å². The monoisotopic (exact) mass is 352 g/mol. The van der Waals surface area contributed by atoms with Crippen molar-refractivity contribution in [2.75, 3.05) is 16.8 Å². The van der Waals surface area contributed by atoms with Gasteiger partial charge in [-0.1, -0.05) is 18.2 Å². The van der Waals surface area contributed by atoms with E-state index in [9.17, 15) is 8.78 Å². The molecule has 4 rings (SSSR count). The van der Waals surface area contributed by atoms with Crippen molar-refractivity contribution in [3.63, 3.8) is 0 Å². The van der Waals surface area contributed by atoms with E-state index in [0.717, 1.165) is 43.0 Å². The Morgan fingerprint density at radius 1 is 1.00 bits per heavy atom. The number of aryl methyl sites for hydroxylation is 2. The summed E-state index contributed by atoms with van der Waals surface area (Å²) in [5.41, 5.74) is 2.88. The van der Waals surface area contributed by atoms with Crippen molar-refractivity contribution in [1.29, 1.82) is 0 Å². The van der Waals surface area contributed by atoms with Gasteiger partial charge in [0.25, 0.3) is 0 Å². The third kappa shape index (κ3) is 3.22. The first-order valence-electron chi connectivity index (χ1n) is 8.53. The second kappa shape index (κ2) is 6.71. The third-order valence-corrected chi connectivity index (χ3v) is 4.40. The molecule has 6 heteroatoms. The first-order chi connectivity index (χ1) is 12.6. The highest BCUT2D eigenvalue weighted by Crippen LogP contribution is 2.33. The van der Waals surface area contributed by atoms with Crippen molar-refractivity contribution in [1.82, 2.24) is 9.97 Å². The fourth-order valence-corrected chi connectivity index (χ4v) is 3.25. The quantitative estimate of drug-likeness (QED) is 0.729. The van der Waals surface area contributed by atoms with Crippen LogP contribution in [0.4, 0.5) is 31.8 Å². The molecule has 0 atom stereocenters. The van der Waals surface area contributed by atoms with E-state index in [1.54, 1.807) is 0 Å². The van der Waals surface area contributed by atoms with E-state index >= 15 is 0 Å². The lowest BCUT2D eigenvalue weighted by molar-refractivity contribution is 0.509. The number of hydrogen-bond acceptors (Lipinski definition) is 4. The van der Waals surface area contributed by atoms with E-state index in [4.69, 9.17) is 0 Å². The Morgan fingerprint density at radius 2 is 1.85 bits per heavy atom. The smallest absolute Gasteiger partial charge is 0.160 e. The van der Waals surface area contributed by atoms with E-state index in [1.807, 2.05) is 25.1 Å². The summed E-state index contributed by atoms with van der Waals surface area (Å²) in [6.45, 7) is 2.69. The maximum Gasteiger partial charge on any atom is 0.160 e. The van der Waals surface area contributed by atoms with Gasteiger partial charge in [-0.15, -0.1) is 0 Å². The molecule has 1 aliphatic heterocycles. The first-order valence-corrected chi connectivity index (χ1v) is 8.53. The van der Waals surface area contributed by atoms with Gasteiger partial charge >= 0.3 is 0 Å². The Hall–Kier alpha value is -3.02. The van der Waals surface area contributed by atoms with Crippen LogP contribution in [0.1, 0.15) is 17.8 Å². The number of rotatable bonds is 3. The molecule has 0 spiro atoms. The number of fused-ring (bicyclic) bond motifs is 1. The average molecular weight is 352 g/mol. The number of halogens is 2. The van der Waals surface area contributed by atoms with Crippen LogP contribution in [0.5, 0.6) is 0 Å². The number of anilines is 4. The van der Waals surface area contributed by atoms with Crippen LogP contribution in [0.2, 0.25) is 0 Å². The number of aromatic nitrogens is 2. The highest BCUT2D eigenvalue weighted by molar-refractivity contribution is 5.68.